The van der Waals surface area contributed by atoms with Crippen molar-refractivity contribution in [1.82, 2.24) is 4.31 Å². The molecule has 0 aliphatic carbocycles. The number of sulfonamides is 1. The summed E-state index contributed by atoms with van der Waals surface area (Å²) in [6, 6.07) is 5.19. The summed E-state index contributed by atoms with van der Waals surface area (Å²) in [6.07, 6.45) is 2.67. The molecule has 0 saturated carbocycles. The van der Waals surface area contributed by atoms with Crippen molar-refractivity contribution in [1.29, 1.82) is 0 Å². The van der Waals surface area contributed by atoms with Crippen molar-refractivity contribution >= 4 is 26.0 Å². The average molecular weight is 362 g/mol. The molecule has 0 spiro atoms. The Morgan fingerprint density at radius 3 is 2.70 bits per heavy atom. The molecular formula is C14H20BrNO3S. The van der Waals surface area contributed by atoms with E-state index in [1.54, 1.807) is 22.5 Å². The van der Waals surface area contributed by atoms with Crippen LogP contribution in [0.3, 0.4) is 0 Å². The Hall–Kier alpha value is -0.590. The molecule has 1 aliphatic rings. The minimum Gasteiger partial charge on any atom is -0.495 e. The fourth-order valence-electron chi connectivity index (χ4n) is 2.83. The van der Waals surface area contributed by atoms with E-state index in [4.69, 9.17) is 4.74 Å². The van der Waals surface area contributed by atoms with Crippen LogP contribution >= 0.6 is 15.9 Å². The number of hydrogen-bond donors (Lipinski definition) is 0. The Kier molecular flexibility index (Phi) is 4.76. The molecule has 20 heavy (non-hydrogen) atoms. The Bertz CT molecular complexity index is 588. The Morgan fingerprint density at radius 2 is 2.10 bits per heavy atom. The van der Waals surface area contributed by atoms with Crippen molar-refractivity contribution in [2.45, 2.75) is 50.1 Å². The fraction of sp³-hybridized carbons (Fsp3) is 0.571. The zero-order valence-electron chi connectivity index (χ0n) is 12.0. The molecule has 1 aliphatic heterocycles. The summed E-state index contributed by atoms with van der Waals surface area (Å²) in [5.41, 5.74) is 0. The number of ether oxygens (including phenoxy) is 1. The molecule has 1 saturated heterocycles. The third-order valence-electron chi connectivity index (χ3n) is 3.86. The number of nitrogens with zero attached hydrogens (tertiary/aromatic N) is 1. The summed E-state index contributed by atoms with van der Waals surface area (Å²) < 4.78 is 33.5. The van der Waals surface area contributed by atoms with Crippen LogP contribution in [0.2, 0.25) is 0 Å². The van der Waals surface area contributed by atoms with Crippen LogP contribution < -0.4 is 4.74 Å². The molecule has 0 aromatic heterocycles. The van der Waals surface area contributed by atoms with Gasteiger partial charge < -0.3 is 4.74 Å². The standard InChI is InChI=1S/C14H20BrNO3S/c1-4-12-7-5-10(2)16(12)20(17,18)14-9-11(15)6-8-13(14)19-3/h6,8-10,12H,4-5,7H2,1-3H3. The van der Waals surface area contributed by atoms with E-state index in [0.29, 0.717) is 5.75 Å². The molecule has 1 fully saturated rings. The van der Waals surface area contributed by atoms with E-state index in [-0.39, 0.29) is 17.0 Å². The summed E-state index contributed by atoms with van der Waals surface area (Å²) in [7, 11) is -2.04. The van der Waals surface area contributed by atoms with Gasteiger partial charge in [-0.25, -0.2) is 8.42 Å². The molecule has 2 rings (SSSR count). The van der Waals surface area contributed by atoms with E-state index < -0.39 is 10.0 Å². The van der Waals surface area contributed by atoms with Crippen LogP contribution in [0.4, 0.5) is 0 Å². The van der Waals surface area contributed by atoms with Crippen LogP contribution in [0.1, 0.15) is 33.1 Å². The minimum absolute atomic E-state index is 0.0358. The highest BCUT2D eigenvalue weighted by molar-refractivity contribution is 9.10. The van der Waals surface area contributed by atoms with Crippen LogP contribution in [0.25, 0.3) is 0 Å². The van der Waals surface area contributed by atoms with E-state index in [0.717, 1.165) is 23.7 Å². The lowest BCUT2D eigenvalue weighted by Gasteiger charge is -2.27. The Morgan fingerprint density at radius 1 is 1.40 bits per heavy atom. The summed E-state index contributed by atoms with van der Waals surface area (Å²) in [5, 5.41) is 0. The van der Waals surface area contributed by atoms with Crippen LogP contribution in [0, 0.1) is 0 Å². The first-order valence-electron chi connectivity index (χ1n) is 6.79. The van der Waals surface area contributed by atoms with E-state index >= 15 is 0 Å². The highest BCUT2D eigenvalue weighted by Gasteiger charge is 2.40. The Labute approximate surface area is 129 Å². The Balaban J connectivity index is 2.52. The zero-order valence-corrected chi connectivity index (χ0v) is 14.4. The molecule has 2 unspecified atom stereocenters. The predicted octanol–water partition coefficient (Wildman–Crippen LogP) is 3.41. The monoisotopic (exact) mass is 361 g/mol. The van der Waals surface area contributed by atoms with Gasteiger partial charge in [0.05, 0.1) is 7.11 Å². The lowest BCUT2D eigenvalue weighted by Crippen LogP contribution is -2.39. The van der Waals surface area contributed by atoms with Crippen LogP contribution in [-0.4, -0.2) is 31.9 Å². The van der Waals surface area contributed by atoms with Crippen molar-refractivity contribution in [3.63, 3.8) is 0 Å². The molecule has 1 aromatic rings. The first kappa shape index (κ1) is 15.8. The van der Waals surface area contributed by atoms with E-state index in [1.807, 2.05) is 13.8 Å². The molecule has 2 atom stereocenters. The second kappa shape index (κ2) is 6.03. The van der Waals surface area contributed by atoms with Gasteiger partial charge in [-0.3, -0.25) is 0 Å². The van der Waals surface area contributed by atoms with Crippen molar-refractivity contribution in [3.05, 3.63) is 22.7 Å². The zero-order chi connectivity index (χ0) is 14.9. The van der Waals surface area contributed by atoms with Gasteiger partial charge in [0.25, 0.3) is 0 Å². The second-order valence-electron chi connectivity index (χ2n) is 5.12. The van der Waals surface area contributed by atoms with E-state index in [2.05, 4.69) is 15.9 Å². The highest BCUT2D eigenvalue weighted by atomic mass is 79.9. The third-order valence-corrected chi connectivity index (χ3v) is 6.45. The minimum atomic E-state index is -3.54. The summed E-state index contributed by atoms with van der Waals surface area (Å²) >= 11 is 3.34. The largest absolute Gasteiger partial charge is 0.495 e. The highest BCUT2D eigenvalue weighted by Crippen LogP contribution is 2.36. The lowest BCUT2D eigenvalue weighted by atomic mass is 10.2. The molecule has 1 heterocycles. The van der Waals surface area contributed by atoms with Crippen LogP contribution in [-0.2, 0) is 10.0 Å². The second-order valence-corrected chi connectivity index (χ2v) is 7.85. The smallest absolute Gasteiger partial charge is 0.247 e. The van der Waals surface area contributed by atoms with Gasteiger partial charge in [-0.2, -0.15) is 4.31 Å². The van der Waals surface area contributed by atoms with Crippen LogP contribution in [0.15, 0.2) is 27.6 Å². The third kappa shape index (κ3) is 2.73. The molecule has 0 N–H and O–H groups in total. The summed E-state index contributed by atoms with van der Waals surface area (Å²) in [6.45, 7) is 4.00. The maximum absolute atomic E-state index is 13.0. The van der Waals surface area contributed by atoms with Gasteiger partial charge in [-0.05, 0) is 44.4 Å². The molecule has 112 valence electrons. The SMILES string of the molecule is CCC1CCC(C)N1S(=O)(=O)c1cc(Br)ccc1OC. The van der Waals surface area contributed by atoms with Crippen molar-refractivity contribution in [3.8, 4) is 5.75 Å². The number of hydrogen-bond acceptors (Lipinski definition) is 3. The number of methoxy groups -OCH3 is 1. The number of benzene rings is 1. The molecule has 1 aromatic carbocycles. The average Bonchev–Trinajstić information content (AvgIpc) is 2.80. The van der Waals surface area contributed by atoms with Crippen molar-refractivity contribution in [2.75, 3.05) is 7.11 Å². The first-order valence-corrected chi connectivity index (χ1v) is 9.02. The molecule has 0 bridgehead atoms. The maximum Gasteiger partial charge on any atom is 0.247 e. The molecule has 6 heteroatoms. The van der Waals surface area contributed by atoms with Crippen molar-refractivity contribution in [2.24, 2.45) is 0 Å². The van der Waals surface area contributed by atoms with Gasteiger partial charge in [0.15, 0.2) is 0 Å². The fourth-order valence-corrected chi connectivity index (χ4v) is 5.48. The molecule has 0 amide bonds. The van der Waals surface area contributed by atoms with Gasteiger partial charge in [-0.1, -0.05) is 22.9 Å². The van der Waals surface area contributed by atoms with E-state index in [1.165, 1.54) is 7.11 Å². The summed E-state index contributed by atoms with van der Waals surface area (Å²) in [4.78, 5) is 0.238. The van der Waals surface area contributed by atoms with E-state index in [9.17, 15) is 8.42 Å². The van der Waals surface area contributed by atoms with Crippen LogP contribution in [0.5, 0.6) is 5.75 Å². The summed E-state index contributed by atoms with van der Waals surface area (Å²) in [5.74, 6) is 0.391. The molecule has 4 nitrogen and oxygen atoms in total. The van der Waals surface area contributed by atoms with Gasteiger partial charge in [0.2, 0.25) is 10.0 Å². The first-order chi connectivity index (χ1) is 9.41. The quantitative estimate of drug-likeness (QED) is 0.825. The van der Waals surface area contributed by atoms with Crippen molar-refractivity contribution < 1.29 is 13.2 Å². The molecule has 0 radical (unpaired) electrons. The maximum atomic E-state index is 13.0. The lowest BCUT2D eigenvalue weighted by molar-refractivity contribution is 0.325. The van der Waals surface area contributed by atoms with Gasteiger partial charge in [-0.15, -0.1) is 0 Å². The predicted molar refractivity (Wildman–Crippen MR) is 82.5 cm³/mol. The number of rotatable bonds is 4. The topological polar surface area (TPSA) is 46.6 Å². The van der Waals surface area contributed by atoms with Gasteiger partial charge in [0, 0.05) is 16.6 Å². The number of halogens is 1. The van der Waals surface area contributed by atoms with Gasteiger partial charge >= 0.3 is 0 Å². The molecular weight excluding hydrogens is 342 g/mol. The van der Waals surface area contributed by atoms with Gasteiger partial charge in [0.1, 0.15) is 10.6 Å². The normalized spacial score (nSPS) is 24.0.